The summed E-state index contributed by atoms with van der Waals surface area (Å²) in [5.41, 5.74) is 0.266. The van der Waals surface area contributed by atoms with E-state index in [0.29, 0.717) is 17.8 Å². The predicted molar refractivity (Wildman–Crippen MR) is 58.6 cm³/mol. The maximum Gasteiger partial charge on any atom is 0.152 e. The lowest BCUT2D eigenvalue weighted by Crippen LogP contribution is -2.13. The highest BCUT2D eigenvalue weighted by Gasteiger charge is 2.16. The van der Waals surface area contributed by atoms with Gasteiger partial charge in [-0.3, -0.25) is 4.98 Å². The maximum atomic E-state index is 13.5. The fourth-order valence-electron chi connectivity index (χ4n) is 1.55. The number of rotatable bonds is 2. The molecule has 0 aliphatic carbocycles. The lowest BCUT2D eigenvalue weighted by molar-refractivity contribution is 0.544. The Kier molecular flexibility index (Phi) is 2.99. The summed E-state index contributed by atoms with van der Waals surface area (Å²) >= 11 is 0. The molecule has 88 valence electrons. The number of anilines is 2. The van der Waals surface area contributed by atoms with Crippen LogP contribution >= 0.6 is 0 Å². The van der Waals surface area contributed by atoms with E-state index in [-0.39, 0.29) is 5.69 Å². The monoisotopic (exact) mass is 238 g/mol. The minimum Gasteiger partial charge on any atom is -0.340 e. The Morgan fingerprint density at radius 3 is 2.06 bits per heavy atom. The van der Waals surface area contributed by atoms with Crippen LogP contribution in [0, 0.1) is 17.5 Å². The van der Waals surface area contributed by atoms with Crippen LogP contribution in [0.5, 0.6) is 0 Å². The Hall–Kier alpha value is -2.04. The van der Waals surface area contributed by atoms with Gasteiger partial charge in [-0.25, -0.2) is 13.2 Å². The van der Waals surface area contributed by atoms with Gasteiger partial charge >= 0.3 is 0 Å². The number of benzene rings is 1. The number of halogens is 3. The fourth-order valence-corrected chi connectivity index (χ4v) is 1.55. The van der Waals surface area contributed by atoms with Crippen molar-refractivity contribution >= 4 is 11.4 Å². The van der Waals surface area contributed by atoms with Gasteiger partial charge in [-0.2, -0.15) is 0 Å². The Morgan fingerprint density at radius 1 is 1.00 bits per heavy atom. The summed E-state index contributed by atoms with van der Waals surface area (Å²) in [6.07, 6.45) is 3.01. The molecule has 0 aliphatic heterocycles. The van der Waals surface area contributed by atoms with E-state index in [4.69, 9.17) is 0 Å². The molecule has 0 aliphatic rings. The molecule has 0 N–H and O–H groups in total. The number of hydrogen-bond donors (Lipinski definition) is 0. The Morgan fingerprint density at radius 2 is 1.53 bits per heavy atom. The quantitative estimate of drug-likeness (QED) is 0.798. The minimum absolute atomic E-state index is 0.294. The van der Waals surface area contributed by atoms with E-state index in [1.165, 1.54) is 24.3 Å². The van der Waals surface area contributed by atoms with E-state index in [1.54, 1.807) is 12.1 Å². The summed E-state index contributed by atoms with van der Waals surface area (Å²) in [6.45, 7) is 0. The van der Waals surface area contributed by atoms with Gasteiger partial charge in [0.05, 0.1) is 0 Å². The second-order valence-corrected chi connectivity index (χ2v) is 3.48. The molecule has 1 aromatic heterocycles. The van der Waals surface area contributed by atoms with Crippen molar-refractivity contribution in [1.29, 1.82) is 0 Å². The van der Waals surface area contributed by atoms with Crippen molar-refractivity contribution < 1.29 is 13.2 Å². The third kappa shape index (κ3) is 2.22. The summed E-state index contributed by atoms with van der Waals surface area (Å²) < 4.78 is 39.8. The third-order valence-electron chi connectivity index (χ3n) is 2.37. The first-order valence-corrected chi connectivity index (χ1v) is 4.88. The van der Waals surface area contributed by atoms with Crippen molar-refractivity contribution in [3.8, 4) is 0 Å². The van der Waals surface area contributed by atoms with E-state index in [9.17, 15) is 13.2 Å². The van der Waals surface area contributed by atoms with Crippen molar-refractivity contribution in [3.05, 3.63) is 54.1 Å². The highest BCUT2D eigenvalue weighted by molar-refractivity contribution is 5.63. The van der Waals surface area contributed by atoms with Gasteiger partial charge in [-0.05, 0) is 12.1 Å². The standard InChI is InChI=1S/C12H9F3N2/c1-17(9-2-4-16-5-3-9)12-10(14)6-8(13)7-11(12)15/h2-7H,1H3. The summed E-state index contributed by atoms with van der Waals surface area (Å²) in [7, 11) is 1.49. The topological polar surface area (TPSA) is 16.1 Å². The van der Waals surface area contributed by atoms with E-state index in [2.05, 4.69) is 4.98 Å². The molecule has 1 heterocycles. The van der Waals surface area contributed by atoms with Crippen molar-refractivity contribution in [1.82, 2.24) is 4.98 Å². The predicted octanol–water partition coefficient (Wildman–Crippen LogP) is 3.27. The van der Waals surface area contributed by atoms with Crippen LogP contribution in [-0.2, 0) is 0 Å². The number of pyridine rings is 1. The SMILES string of the molecule is CN(c1ccncc1)c1c(F)cc(F)cc1F. The van der Waals surface area contributed by atoms with Crippen LogP contribution in [0.4, 0.5) is 24.5 Å². The van der Waals surface area contributed by atoms with Crippen LogP contribution < -0.4 is 4.90 Å². The van der Waals surface area contributed by atoms with Gasteiger partial charge in [-0.1, -0.05) is 0 Å². The van der Waals surface area contributed by atoms with Crippen molar-refractivity contribution in [2.24, 2.45) is 0 Å². The molecule has 0 radical (unpaired) electrons. The Labute approximate surface area is 96.3 Å². The second kappa shape index (κ2) is 4.45. The minimum atomic E-state index is -0.943. The number of hydrogen-bond acceptors (Lipinski definition) is 2. The van der Waals surface area contributed by atoms with E-state index >= 15 is 0 Å². The van der Waals surface area contributed by atoms with Crippen LogP contribution in [0.15, 0.2) is 36.7 Å². The van der Waals surface area contributed by atoms with Gasteiger partial charge in [0.15, 0.2) is 11.6 Å². The van der Waals surface area contributed by atoms with E-state index < -0.39 is 17.5 Å². The third-order valence-corrected chi connectivity index (χ3v) is 2.37. The van der Waals surface area contributed by atoms with Crippen LogP contribution in [-0.4, -0.2) is 12.0 Å². The average molecular weight is 238 g/mol. The Balaban J connectivity index is 2.48. The molecule has 0 saturated heterocycles. The van der Waals surface area contributed by atoms with Crippen molar-refractivity contribution in [3.63, 3.8) is 0 Å². The average Bonchev–Trinajstić information content (AvgIpc) is 2.28. The molecule has 0 atom stereocenters. The molecular weight excluding hydrogens is 229 g/mol. The van der Waals surface area contributed by atoms with Gasteiger partial charge in [0.25, 0.3) is 0 Å². The first-order valence-electron chi connectivity index (χ1n) is 4.88. The zero-order valence-electron chi connectivity index (χ0n) is 8.99. The largest absolute Gasteiger partial charge is 0.340 e. The van der Waals surface area contributed by atoms with Gasteiger partial charge < -0.3 is 4.90 Å². The molecule has 1 aromatic carbocycles. The molecule has 0 spiro atoms. The molecule has 0 unspecified atom stereocenters. The molecule has 2 nitrogen and oxygen atoms in total. The van der Waals surface area contributed by atoms with Gasteiger partial charge in [0.2, 0.25) is 0 Å². The molecule has 5 heteroatoms. The number of aromatic nitrogens is 1. The molecule has 2 rings (SSSR count). The lowest BCUT2D eigenvalue weighted by atomic mass is 10.2. The Bertz CT molecular complexity index is 506. The zero-order chi connectivity index (χ0) is 12.4. The van der Waals surface area contributed by atoms with Gasteiger partial charge in [0, 0.05) is 37.3 Å². The molecule has 17 heavy (non-hydrogen) atoms. The van der Waals surface area contributed by atoms with Gasteiger partial charge in [0.1, 0.15) is 11.5 Å². The highest BCUT2D eigenvalue weighted by Crippen LogP contribution is 2.29. The first-order chi connectivity index (χ1) is 8.09. The van der Waals surface area contributed by atoms with Crippen LogP contribution in [0.2, 0.25) is 0 Å². The molecule has 0 fully saturated rings. The molecule has 0 bridgehead atoms. The van der Waals surface area contributed by atoms with Crippen molar-refractivity contribution in [2.75, 3.05) is 11.9 Å². The van der Waals surface area contributed by atoms with Crippen LogP contribution in [0.1, 0.15) is 0 Å². The van der Waals surface area contributed by atoms with Gasteiger partial charge in [-0.15, -0.1) is 0 Å². The summed E-state index contributed by atoms with van der Waals surface area (Å²) in [6, 6.07) is 4.50. The molecule has 0 saturated carbocycles. The summed E-state index contributed by atoms with van der Waals surface area (Å²) in [4.78, 5) is 5.10. The summed E-state index contributed by atoms with van der Waals surface area (Å²) in [5.74, 6) is -2.82. The smallest absolute Gasteiger partial charge is 0.152 e. The number of nitrogens with zero attached hydrogens (tertiary/aromatic N) is 2. The fraction of sp³-hybridized carbons (Fsp3) is 0.0833. The second-order valence-electron chi connectivity index (χ2n) is 3.48. The molecule has 0 amide bonds. The summed E-state index contributed by atoms with van der Waals surface area (Å²) in [5, 5.41) is 0. The zero-order valence-corrected chi connectivity index (χ0v) is 8.99. The normalized spacial score (nSPS) is 10.4. The van der Waals surface area contributed by atoms with Crippen LogP contribution in [0.25, 0.3) is 0 Å². The van der Waals surface area contributed by atoms with Crippen molar-refractivity contribution in [2.45, 2.75) is 0 Å². The first kappa shape index (κ1) is 11.4. The van der Waals surface area contributed by atoms with E-state index in [1.807, 2.05) is 0 Å². The van der Waals surface area contributed by atoms with E-state index in [0.717, 1.165) is 0 Å². The lowest BCUT2D eigenvalue weighted by Gasteiger charge is -2.20. The molecule has 2 aromatic rings. The molecular formula is C12H9F3N2. The van der Waals surface area contributed by atoms with Crippen LogP contribution in [0.3, 0.4) is 0 Å². The maximum absolute atomic E-state index is 13.5. The highest BCUT2D eigenvalue weighted by atomic mass is 19.1.